The quantitative estimate of drug-likeness (QED) is 0.660. The Morgan fingerprint density at radius 3 is 2.19 bits per heavy atom. The predicted octanol–water partition coefficient (Wildman–Crippen LogP) is 4.83. The summed E-state index contributed by atoms with van der Waals surface area (Å²) in [7, 11) is 0. The number of benzene rings is 2. The van der Waals surface area contributed by atoms with Crippen molar-refractivity contribution >= 4 is 11.8 Å². The summed E-state index contributed by atoms with van der Waals surface area (Å²) in [4.78, 5) is 27.6. The highest BCUT2D eigenvalue weighted by atomic mass is 16.5. The minimum atomic E-state index is -0.628. The van der Waals surface area contributed by atoms with Gasteiger partial charge in [-0.25, -0.2) is 0 Å². The number of nitrogens with zero attached hydrogens (tertiary/aromatic N) is 1. The summed E-state index contributed by atoms with van der Waals surface area (Å²) in [5.41, 5.74) is 2.79. The van der Waals surface area contributed by atoms with Gasteiger partial charge in [0.15, 0.2) is 6.61 Å². The van der Waals surface area contributed by atoms with E-state index in [9.17, 15) is 9.59 Å². The first-order valence-electron chi connectivity index (χ1n) is 10.9. The molecule has 0 spiro atoms. The number of para-hydroxylation sites is 1. The van der Waals surface area contributed by atoms with E-state index in [-0.39, 0.29) is 29.9 Å². The Bertz CT molecular complexity index is 882. The molecule has 0 aliphatic rings. The van der Waals surface area contributed by atoms with Gasteiger partial charge in [-0.3, -0.25) is 9.59 Å². The lowest BCUT2D eigenvalue weighted by atomic mass is 10.0. The largest absolute Gasteiger partial charge is 0.483 e. The molecule has 0 saturated carbocycles. The van der Waals surface area contributed by atoms with Crippen molar-refractivity contribution in [1.29, 1.82) is 0 Å². The van der Waals surface area contributed by atoms with E-state index in [0.29, 0.717) is 12.3 Å². The molecular weight excluding hydrogens is 388 g/mol. The third-order valence-electron chi connectivity index (χ3n) is 5.03. The molecule has 0 bridgehead atoms. The number of nitrogens with one attached hydrogen (secondary N) is 1. The van der Waals surface area contributed by atoms with Gasteiger partial charge in [-0.05, 0) is 57.7 Å². The van der Waals surface area contributed by atoms with Crippen LogP contribution in [0.4, 0.5) is 0 Å². The molecule has 0 saturated heterocycles. The van der Waals surface area contributed by atoms with Crippen molar-refractivity contribution in [1.82, 2.24) is 10.2 Å². The highest BCUT2D eigenvalue weighted by Crippen LogP contribution is 2.26. The predicted molar refractivity (Wildman–Crippen MR) is 125 cm³/mol. The van der Waals surface area contributed by atoms with Gasteiger partial charge in [0.1, 0.15) is 11.8 Å². The van der Waals surface area contributed by atoms with Crippen molar-refractivity contribution in [2.24, 2.45) is 0 Å². The van der Waals surface area contributed by atoms with Crippen LogP contribution in [-0.2, 0) is 16.1 Å². The molecule has 0 aromatic heterocycles. The Labute approximate surface area is 186 Å². The number of hydrogen-bond donors (Lipinski definition) is 1. The van der Waals surface area contributed by atoms with E-state index < -0.39 is 6.04 Å². The summed E-state index contributed by atoms with van der Waals surface area (Å²) in [6.07, 6.45) is 0. The number of amides is 2. The first-order chi connectivity index (χ1) is 14.5. The van der Waals surface area contributed by atoms with Gasteiger partial charge in [-0.2, -0.15) is 0 Å². The zero-order valence-corrected chi connectivity index (χ0v) is 19.9. The Morgan fingerprint density at radius 1 is 1.00 bits per heavy atom. The molecule has 0 heterocycles. The maximum atomic E-state index is 13.2. The summed E-state index contributed by atoms with van der Waals surface area (Å²) in [5.74, 6) is 0.575. The van der Waals surface area contributed by atoms with Gasteiger partial charge in [0.05, 0.1) is 0 Å². The van der Waals surface area contributed by atoms with E-state index in [4.69, 9.17) is 4.74 Å². The number of hydrogen-bond acceptors (Lipinski definition) is 3. The maximum absolute atomic E-state index is 13.2. The minimum Gasteiger partial charge on any atom is -0.483 e. The molecule has 1 atom stereocenters. The van der Waals surface area contributed by atoms with Crippen LogP contribution >= 0.6 is 0 Å². The molecule has 5 heteroatoms. The second-order valence-corrected chi connectivity index (χ2v) is 9.40. The van der Waals surface area contributed by atoms with Crippen LogP contribution < -0.4 is 10.1 Å². The Morgan fingerprint density at radius 2 is 1.61 bits per heavy atom. The second kappa shape index (κ2) is 10.5. The maximum Gasteiger partial charge on any atom is 0.261 e. The van der Waals surface area contributed by atoms with E-state index in [2.05, 4.69) is 19.2 Å². The molecule has 168 valence electrons. The summed E-state index contributed by atoms with van der Waals surface area (Å²) in [6, 6.07) is 15.1. The highest BCUT2D eigenvalue weighted by Gasteiger charge is 2.28. The van der Waals surface area contributed by atoms with Crippen LogP contribution in [0, 0.1) is 6.92 Å². The van der Waals surface area contributed by atoms with E-state index in [1.165, 1.54) is 0 Å². The summed E-state index contributed by atoms with van der Waals surface area (Å²) in [6.45, 7) is 14.0. The average Bonchev–Trinajstić information content (AvgIpc) is 2.70. The topological polar surface area (TPSA) is 58.6 Å². The molecule has 1 N–H and O–H groups in total. The van der Waals surface area contributed by atoms with Crippen molar-refractivity contribution in [2.75, 3.05) is 6.61 Å². The first-order valence-corrected chi connectivity index (χ1v) is 10.9. The number of rotatable bonds is 8. The van der Waals surface area contributed by atoms with Gasteiger partial charge in [0, 0.05) is 12.1 Å². The van der Waals surface area contributed by atoms with Gasteiger partial charge in [0.2, 0.25) is 5.91 Å². The third-order valence-corrected chi connectivity index (χ3v) is 5.03. The van der Waals surface area contributed by atoms with Crippen LogP contribution in [0.25, 0.3) is 0 Å². The van der Waals surface area contributed by atoms with Crippen LogP contribution in [-0.4, -0.2) is 34.9 Å². The zero-order chi connectivity index (χ0) is 23.2. The number of carbonyl (C=O) groups is 2. The summed E-state index contributed by atoms with van der Waals surface area (Å²) in [5, 5.41) is 2.97. The lowest BCUT2D eigenvalue weighted by Crippen LogP contribution is -2.53. The molecule has 0 aliphatic heterocycles. The van der Waals surface area contributed by atoms with Crippen LogP contribution in [0.5, 0.6) is 5.75 Å². The van der Waals surface area contributed by atoms with Gasteiger partial charge < -0.3 is 15.0 Å². The molecule has 2 rings (SSSR count). The smallest absolute Gasteiger partial charge is 0.261 e. The number of aryl methyl sites for hydroxylation is 1. The SMILES string of the molecule is Cc1ccc(CN(C(=O)COc2ccccc2C(C)C)[C@@H](C)C(=O)NC(C)(C)C)cc1. The van der Waals surface area contributed by atoms with E-state index in [1.54, 1.807) is 11.8 Å². The van der Waals surface area contributed by atoms with Crippen LogP contribution in [0.2, 0.25) is 0 Å². The molecule has 0 aliphatic carbocycles. The van der Waals surface area contributed by atoms with Crippen LogP contribution in [0.1, 0.15) is 64.2 Å². The molecular formula is C26H36N2O3. The zero-order valence-electron chi connectivity index (χ0n) is 19.9. The van der Waals surface area contributed by atoms with Gasteiger partial charge >= 0.3 is 0 Å². The lowest BCUT2D eigenvalue weighted by molar-refractivity contribution is -0.142. The molecule has 2 aromatic carbocycles. The van der Waals surface area contributed by atoms with E-state index in [0.717, 1.165) is 16.7 Å². The first kappa shape index (κ1) is 24.4. The number of carbonyl (C=O) groups excluding carboxylic acids is 2. The fraction of sp³-hybridized carbons (Fsp3) is 0.462. The lowest BCUT2D eigenvalue weighted by Gasteiger charge is -2.31. The molecule has 0 unspecified atom stereocenters. The Balaban J connectivity index is 2.21. The molecule has 2 amide bonds. The Kier molecular flexibility index (Phi) is 8.26. The van der Waals surface area contributed by atoms with Crippen molar-refractivity contribution in [3.63, 3.8) is 0 Å². The standard InChI is InChI=1S/C26H36N2O3/c1-18(2)22-10-8-9-11-23(22)31-17-24(29)28(16-21-14-12-19(3)13-15-21)20(4)25(30)27-26(5,6)7/h8-15,18,20H,16-17H2,1-7H3,(H,27,30)/t20-/m0/s1. The monoisotopic (exact) mass is 424 g/mol. The van der Waals surface area contributed by atoms with Crippen LogP contribution in [0.3, 0.4) is 0 Å². The van der Waals surface area contributed by atoms with Crippen molar-refractivity contribution in [3.8, 4) is 5.75 Å². The minimum absolute atomic E-state index is 0.122. The summed E-state index contributed by atoms with van der Waals surface area (Å²) >= 11 is 0. The van der Waals surface area contributed by atoms with Gasteiger partial charge in [0.25, 0.3) is 5.91 Å². The normalized spacial score (nSPS) is 12.4. The molecule has 0 radical (unpaired) electrons. The fourth-order valence-corrected chi connectivity index (χ4v) is 3.26. The highest BCUT2D eigenvalue weighted by molar-refractivity contribution is 5.88. The van der Waals surface area contributed by atoms with E-state index in [1.807, 2.05) is 76.2 Å². The second-order valence-electron chi connectivity index (χ2n) is 9.40. The Hall–Kier alpha value is -2.82. The fourth-order valence-electron chi connectivity index (χ4n) is 3.26. The molecule has 0 fully saturated rings. The van der Waals surface area contributed by atoms with Gasteiger partial charge in [-0.15, -0.1) is 0 Å². The van der Waals surface area contributed by atoms with Gasteiger partial charge in [-0.1, -0.05) is 61.9 Å². The molecule has 5 nitrogen and oxygen atoms in total. The molecule has 2 aromatic rings. The summed E-state index contributed by atoms with van der Waals surface area (Å²) < 4.78 is 5.91. The third kappa shape index (κ3) is 7.42. The van der Waals surface area contributed by atoms with E-state index >= 15 is 0 Å². The van der Waals surface area contributed by atoms with Crippen molar-refractivity contribution in [3.05, 3.63) is 65.2 Å². The van der Waals surface area contributed by atoms with Crippen LogP contribution in [0.15, 0.2) is 48.5 Å². The van der Waals surface area contributed by atoms with Crippen molar-refractivity contribution < 1.29 is 14.3 Å². The molecule has 31 heavy (non-hydrogen) atoms. The average molecular weight is 425 g/mol. The number of ether oxygens (including phenoxy) is 1. The van der Waals surface area contributed by atoms with Crippen molar-refractivity contribution in [2.45, 2.75) is 72.5 Å².